The molecule has 0 aromatic rings. The summed E-state index contributed by atoms with van der Waals surface area (Å²) in [4.78, 5) is 22.8. The second-order valence-electron chi connectivity index (χ2n) is 3.94. The third-order valence-corrected chi connectivity index (χ3v) is 2.35. The van der Waals surface area contributed by atoms with E-state index >= 15 is 0 Å². The van der Waals surface area contributed by atoms with Gasteiger partial charge in [0.2, 0.25) is 0 Å². The van der Waals surface area contributed by atoms with E-state index in [2.05, 4.69) is 4.74 Å². The smallest absolute Gasteiger partial charge is 0.329 e. The van der Waals surface area contributed by atoms with E-state index in [1.807, 2.05) is 6.92 Å². The summed E-state index contributed by atoms with van der Waals surface area (Å²) in [6.07, 6.45) is 2.30. The maximum atomic E-state index is 11.6. The number of esters is 2. The maximum Gasteiger partial charge on any atom is 0.329 e. The Morgan fingerprint density at radius 2 is 1.95 bits per heavy atom. The SMILES string of the molecule is CCCCCOC(=O)C(C#N)C(=N)CC(=O)OCC. The highest BCUT2D eigenvalue weighted by atomic mass is 16.5. The number of carbonyl (C=O) groups is 2. The van der Waals surface area contributed by atoms with Gasteiger partial charge in [0.1, 0.15) is 0 Å². The molecule has 19 heavy (non-hydrogen) atoms. The molecule has 0 radical (unpaired) electrons. The van der Waals surface area contributed by atoms with Crippen LogP contribution in [0.15, 0.2) is 0 Å². The van der Waals surface area contributed by atoms with Gasteiger partial charge in [0, 0.05) is 5.71 Å². The molecule has 0 saturated carbocycles. The first-order valence-corrected chi connectivity index (χ1v) is 6.35. The third-order valence-electron chi connectivity index (χ3n) is 2.35. The molecule has 0 rings (SSSR count). The molecule has 0 bridgehead atoms. The van der Waals surface area contributed by atoms with Gasteiger partial charge in [-0.2, -0.15) is 5.26 Å². The van der Waals surface area contributed by atoms with Crippen LogP contribution >= 0.6 is 0 Å². The van der Waals surface area contributed by atoms with E-state index in [4.69, 9.17) is 15.4 Å². The van der Waals surface area contributed by atoms with Crippen LogP contribution < -0.4 is 0 Å². The first-order valence-electron chi connectivity index (χ1n) is 6.35. The number of hydrogen-bond acceptors (Lipinski definition) is 6. The monoisotopic (exact) mass is 268 g/mol. The van der Waals surface area contributed by atoms with E-state index in [0.717, 1.165) is 19.3 Å². The Kier molecular flexibility index (Phi) is 9.06. The number of carbonyl (C=O) groups excluding carboxylic acids is 2. The van der Waals surface area contributed by atoms with Crippen LogP contribution in [0.2, 0.25) is 0 Å². The largest absolute Gasteiger partial charge is 0.466 e. The van der Waals surface area contributed by atoms with Crippen LogP contribution in [0.5, 0.6) is 0 Å². The van der Waals surface area contributed by atoms with Crippen LogP contribution in [0.1, 0.15) is 39.5 Å². The van der Waals surface area contributed by atoms with Crippen LogP contribution in [0.3, 0.4) is 0 Å². The summed E-state index contributed by atoms with van der Waals surface area (Å²) in [7, 11) is 0. The normalized spacial score (nSPS) is 11.2. The molecule has 1 N–H and O–H groups in total. The van der Waals surface area contributed by atoms with Gasteiger partial charge in [0.05, 0.1) is 25.7 Å². The van der Waals surface area contributed by atoms with E-state index < -0.39 is 17.9 Å². The molecule has 0 aromatic carbocycles. The molecule has 0 aromatic heterocycles. The second-order valence-corrected chi connectivity index (χ2v) is 3.94. The number of nitriles is 1. The van der Waals surface area contributed by atoms with Crippen molar-refractivity contribution in [1.29, 1.82) is 10.7 Å². The molecule has 0 fully saturated rings. The lowest BCUT2D eigenvalue weighted by Gasteiger charge is -2.10. The van der Waals surface area contributed by atoms with E-state index in [1.165, 1.54) is 0 Å². The molecule has 0 aliphatic heterocycles. The van der Waals surface area contributed by atoms with Gasteiger partial charge in [0.15, 0.2) is 5.92 Å². The predicted octanol–water partition coefficient (Wildman–Crippen LogP) is 1.83. The molecule has 0 spiro atoms. The van der Waals surface area contributed by atoms with Crippen molar-refractivity contribution in [2.24, 2.45) is 5.92 Å². The van der Waals surface area contributed by atoms with Crippen LogP contribution in [-0.2, 0) is 19.1 Å². The van der Waals surface area contributed by atoms with Crippen LogP contribution in [-0.4, -0.2) is 30.9 Å². The summed E-state index contributed by atoms with van der Waals surface area (Å²) >= 11 is 0. The number of rotatable bonds is 9. The van der Waals surface area contributed by atoms with Crippen molar-refractivity contribution in [3.63, 3.8) is 0 Å². The molecular formula is C13H20N2O4. The Morgan fingerprint density at radius 3 is 2.47 bits per heavy atom. The molecule has 0 heterocycles. The van der Waals surface area contributed by atoms with Gasteiger partial charge < -0.3 is 14.9 Å². The van der Waals surface area contributed by atoms with Crippen molar-refractivity contribution in [2.45, 2.75) is 39.5 Å². The first-order chi connectivity index (χ1) is 9.06. The lowest BCUT2D eigenvalue weighted by atomic mass is 10.0. The van der Waals surface area contributed by atoms with Gasteiger partial charge in [-0.15, -0.1) is 0 Å². The van der Waals surface area contributed by atoms with Crippen LogP contribution in [0.4, 0.5) is 0 Å². The minimum Gasteiger partial charge on any atom is -0.466 e. The minimum atomic E-state index is -1.33. The number of ether oxygens (including phenoxy) is 2. The first kappa shape index (κ1) is 17.1. The molecule has 0 amide bonds. The molecule has 0 aliphatic carbocycles. The summed E-state index contributed by atoms with van der Waals surface area (Å²) in [5.74, 6) is -2.72. The van der Waals surface area contributed by atoms with Gasteiger partial charge in [0.25, 0.3) is 0 Å². The molecule has 0 saturated heterocycles. The summed E-state index contributed by atoms with van der Waals surface area (Å²) < 4.78 is 9.56. The summed E-state index contributed by atoms with van der Waals surface area (Å²) in [6.45, 7) is 4.10. The highest BCUT2D eigenvalue weighted by molar-refractivity contribution is 6.09. The summed E-state index contributed by atoms with van der Waals surface area (Å²) in [5.41, 5.74) is -0.290. The fraction of sp³-hybridized carbons (Fsp3) is 0.692. The Hall–Kier alpha value is -1.90. The Bertz CT molecular complexity index is 360. The number of unbranched alkanes of at least 4 members (excludes halogenated alkanes) is 2. The average molecular weight is 268 g/mol. The number of nitrogens with one attached hydrogen (secondary N) is 1. The lowest BCUT2D eigenvalue weighted by molar-refractivity contribution is -0.144. The molecule has 0 aliphatic rings. The lowest BCUT2D eigenvalue weighted by Crippen LogP contribution is -2.27. The standard InChI is InChI=1S/C13H20N2O4/c1-3-5-6-7-19-13(17)10(9-14)11(15)8-12(16)18-4-2/h10,15H,3-8H2,1-2H3. The van der Waals surface area contributed by atoms with E-state index in [1.54, 1.807) is 13.0 Å². The predicted molar refractivity (Wildman–Crippen MR) is 68.6 cm³/mol. The number of nitrogens with zero attached hydrogens (tertiary/aromatic N) is 1. The maximum absolute atomic E-state index is 11.6. The van der Waals surface area contributed by atoms with Crippen LogP contribution in [0, 0.1) is 22.7 Å². The highest BCUT2D eigenvalue weighted by Gasteiger charge is 2.26. The molecule has 6 heteroatoms. The van der Waals surface area contributed by atoms with E-state index in [9.17, 15) is 9.59 Å². The summed E-state index contributed by atoms with van der Waals surface area (Å²) in [6, 6.07) is 1.68. The zero-order chi connectivity index (χ0) is 14.7. The van der Waals surface area contributed by atoms with E-state index in [-0.39, 0.29) is 25.3 Å². The molecule has 6 nitrogen and oxygen atoms in total. The van der Waals surface area contributed by atoms with Gasteiger partial charge in [-0.05, 0) is 13.3 Å². The van der Waals surface area contributed by atoms with Gasteiger partial charge in [-0.3, -0.25) is 9.59 Å². The van der Waals surface area contributed by atoms with Crippen molar-refractivity contribution >= 4 is 17.7 Å². The van der Waals surface area contributed by atoms with E-state index in [0.29, 0.717) is 0 Å². The Morgan fingerprint density at radius 1 is 1.26 bits per heavy atom. The van der Waals surface area contributed by atoms with Crippen molar-refractivity contribution in [1.82, 2.24) is 0 Å². The second kappa shape index (κ2) is 10.1. The molecular weight excluding hydrogens is 248 g/mol. The zero-order valence-corrected chi connectivity index (χ0v) is 11.4. The quantitative estimate of drug-likeness (QED) is 0.390. The molecule has 1 unspecified atom stereocenters. The Balaban J connectivity index is 4.24. The fourth-order valence-electron chi connectivity index (χ4n) is 1.35. The topological polar surface area (TPSA) is 100 Å². The third kappa shape index (κ3) is 7.19. The average Bonchev–Trinajstić information content (AvgIpc) is 2.35. The van der Waals surface area contributed by atoms with Crippen molar-refractivity contribution in [3.05, 3.63) is 0 Å². The Labute approximate surface area is 113 Å². The highest BCUT2D eigenvalue weighted by Crippen LogP contribution is 2.06. The molecule has 106 valence electrons. The van der Waals surface area contributed by atoms with Crippen molar-refractivity contribution < 1.29 is 19.1 Å². The molecule has 1 atom stereocenters. The van der Waals surface area contributed by atoms with Gasteiger partial charge in [-0.25, -0.2) is 0 Å². The zero-order valence-electron chi connectivity index (χ0n) is 11.4. The van der Waals surface area contributed by atoms with Crippen LogP contribution in [0.25, 0.3) is 0 Å². The van der Waals surface area contributed by atoms with Crippen molar-refractivity contribution in [3.8, 4) is 6.07 Å². The summed E-state index contributed by atoms with van der Waals surface area (Å²) in [5, 5.41) is 16.4. The van der Waals surface area contributed by atoms with Gasteiger partial charge >= 0.3 is 11.9 Å². The van der Waals surface area contributed by atoms with Crippen molar-refractivity contribution in [2.75, 3.05) is 13.2 Å². The number of hydrogen-bond donors (Lipinski definition) is 1. The minimum absolute atomic E-state index is 0.199. The van der Waals surface area contributed by atoms with Gasteiger partial charge in [-0.1, -0.05) is 19.8 Å². The fourth-order valence-corrected chi connectivity index (χ4v) is 1.35.